The zero-order valence-electron chi connectivity index (χ0n) is 6.68. The average molecular weight is 141 g/mol. The van der Waals surface area contributed by atoms with Gasteiger partial charge in [-0.2, -0.15) is 0 Å². The van der Waals surface area contributed by atoms with Crippen LogP contribution in [-0.2, 0) is 4.74 Å². The van der Waals surface area contributed by atoms with Crippen molar-refractivity contribution in [2.24, 2.45) is 0 Å². The van der Waals surface area contributed by atoms with Crippen LogP contribution in [0.1, 0.15) is 19.8 Å². The molecule has 0 saturated carbocycles. The van der Waals surface area contributed by atoms with E-state index in [0.29, 0.717) is 6.10 Å². The summed E-state index contributed by atoms with van der Waals surface area (Å²) in [6, 6.07) is 0. The third-order valence-electron chi connectivity index (χ3n) is 1.80. The van der Waals surface area contributed by atoms with Crippen LogP contribution in [0.15, 0.2) is 11.8 Å². The molecule has 0 aromatic rings. The highest BCUT2D eigenvalue weighted by Gasteiger charge is 2.15. The van der Waals surface area contributed by atoms with Gasteiger partial charge >= 0.3 is 0 Å². The van der Waals surface area contributed by atoms with Crippen molar-refractivity contribution in [2.45, 2.75) is 25.9 Å². The van der Waals surface area contributed by atoms with Crippen LogP contribution < -0.4 is 5.32 Å². The molecule has 1 N–H and O–H groups in total. The molecule has 1 rings (SSSR count). The third kappa shape index (κ3) is 1.74. The molecule has 0 saturated heterocycles. The lowest BCUT2D eigenvalue weighted by molar-refractivity contribution is 0.170. The van der Waals surface area contributed by atoms with Crippen LogP contribution in [0.4, 0.5) is 0 Å². The SMILES string of the molecule is CCC1=CO[C@H](CNC)C1. The van der Waals surface area contributed by atoms with Crippen molar-refractivity contribution < 1.29 is 4.74 Å². The number of ether oxygens (including phenoxy) is 1. The summed E-state index contributed by atoms with van der Waals surface area (Å²) < 4.78 is 5.37. The van der Waals surface area contributed by atoms with Crippen LogP contribution in [0.25, 0.3) is 0 Å². The van der Waals surface area contributed by atoms with Crippen molar-refractivity contribution in [3.8, 4) is 0 Å². The van der Waals surface area contributed by atoms with E-state index in [1.54, 1.807) is 0 Å². The minimum absolute atomic E-state index is 0.389. The van der Waals surface area contributed by atoms with Gasteiger partial charge in [-0.1, -0.05) is 6.92 Å². The van der Waals surface area contributed by atoms with Crippen LogP contribution in [0.2, 0.25) is 0 Å². The van der Waals surface area contributed by atoms with Crippen LogP contribution in [0.3, 0.4) is 0 Å². The summed E-state index contributed by atoms with van der Waals surface area (Å²) in [5, 5.41) is 3.10. The fourth-order valence-electron chi connectivity index (χ4n) is 1.16. The zero-order chi connectivity index (χ0) is 7.40. The van der Waals surface area contributed by atoms with E-state index < -0.39 is 0 Å². The van der Waals surface area contributed by atoms with E-state index in [-0.39, 0.29) is 0 Å². The summed E-state index contributed by atoms with van der Waals surface area (Å²) in [6.45, 7) is 3.12. The molecule has 0 radical (unpaired) electrons. The van der Waals surface area contributed by atoms with Gasteiger partial charge in [-0.25, -0.2) is 0 Å². The summed E-state index contributed by atoms with van der Waals surface area (Å²) in [5.74, 6) is 0. The molecule has 10 heavy (non-hydrogen) atoms. The Morgan fingerprint density at radius 1 is 1.80 bits per heavy atom. The fourth-order valence-corrected chi connectivity index (χ4v) is 1.16. The number of likely N-dealkylation sites (N-methyl/N-ethyl adjacent to an activating group) is 1. The van der Waals surface area contributed by atoms with Crippen LogP contribution in [0, 0.1) is 0 Å². The van der Waals surface area contributed by atoms with Gasteiger partial charge in [0.15, 0.2) is 0 Å². The zero-order valence-corrected chi connectivity index (χ0v) is 6.68. The topological polar surface area (TPSA) is 21.3 Å². The number of rotatable bonds is 3. The lowest BCUT2D eigenvalue weighted by Crippen LogP contribution is -2.22. The smallest absolute Gasteiger partial charge is 0.114 e. The quantitative estimate of drug-likeness (QED) is 0.639. The van der Waals surface area contributed by atoms with Gasteiger partial charge in [0.25, 0.3) is 0 Å². The third-order valence-corrected chi connectivity index (χ3v) is 1.80. The molecule has 0 fully saturated rings. The van der Waals surface area contributed by atoms with Gasteiger partial charge in [0.05, 0.1) is 6.26 Å². The molecule has 0 spiro atoms. The van der Waals surface area contributed by atoms with Crippen molar-refractivity contribution in [2.75, 3.05) is 13.6 Å². The minimum Gasteiger partial charge on any atom is -0.496 e. The first-order valence-corrected chi connectivity index (χ1v) is 3.84. The van der Waals surface area contributed by atoms with Crippen molar-refractivity contribution >= 4 is 0 Å². The first-order chi connectivity index (χ1) is 4.86. The summed E-state index contributed by atoms with van der Waals surface area (Å²) in [4.78, 5) is 0. The van der Waals surface area contributed by atoms with Crippen molar-refractivity contribution in [1.82, 2.24) is 5.32 Å². The Kier molecular flexibility index (Phi) is 2.75. The minimum atomic E-state index is 0.389. The highest BCUT2D eigenvalue weighted by Crippen LogP contribution is 2.19. The van der Waals surface area contributed by atoms with E-state index in [1.165, 1.54) is 5.57 Å². The summed E-state index contributed by atoms with van der Waals surface area (Å²) in [6.07, 6.45) is 4.53. The van der Waals surface area contributed by atoms with E-state index in [9.17, 15) is 0 Å². The second-order valence-electron chi connectivity index (χ2n) is 2.65. The molecular formula is C8H15NO. The molecule has 0 aliphatic carbocycles. The molecule has 2 heteroatoms. The Morgan fingerprint density at radius 3 is 3.10 bits per heavy atom. The van der Waals surface area contributed by atoms with Crippen LogP contribution in [0.5, 0.6) is 0 Å². The second-order valence-corrected chi connectivity index (χ2v) is 2.65. The Balaban J connectivity index is 2.22. The Hall–Kier alpha value is -0.500. The lowest BCUT2D eigenvalue weighted by atomic mass is 10.1. The summed E-state index contributed by atoms with van der Waals surface area (Å²) in [5.41, 5.74) is 1.43. The lowest BCUT2D eigenvalue weighted by Gasteiger charge is -2.07. The summed E-state index contributed by atoms with van der Waals surface area (Å²) in [7, 11) is 1.95. The highest BCUT2D eigenvalue weighted by molar-refractivity contribution is 5.04. The van der Waals surface area contributed by atoms with Gasteiger partial charge in [0.1, 0.15) is 6.10 Å². The molecule has 58 valence electrons. The molecule has 2 nitrogen and oxygen atoms in total. The predicted molar refractivity (Wildman–Crippen MR) is 41.8 cm³/mol. The van der Waals surface area contributed by atoms with Gasteiger partial charge in [0, 0.05) is 13.0 Å². The highest BCUT2D eigenvalue weighted by atomic mass is 16.5. The van der Waals surface area contributed by atoms with E-state index >= 15 is 0 Å². The first-order valence-electron chi connectivity index (χ1n) is 3.84. The molecule has 1 heterocycles. The van der Waals surface area contributed by atoms with Crippen molar-refractivity contribution in [1.29, 1.82) is 0 Å². The largest absolute Gasteiger partial charge is 0.496 e. The summed E-state index contributed by atoms with van der Waals surface area (Å²) >= 11 is 0. The van der Waals surface area contributed by atoms with Gasteiger partial charge in [-0.3, -0.25) is 0 Å². The Morgan fingerprint density at radius 2 is 2.60 bits per heavy atom. The van der Waals surface area contributed by atoms with E-state index in [2.05, 4.69) is 12.2 Å². The van der Waals surface area contributed by atoms with Crippen molar-refractivity contribution in [3.63, 3.8) is 0 Å². The predicted octanol–water partition coefficient (Wildman–Crippen LogP) is 1.29. The van der Waals surface area contributed by atoms with Gasteiger partial charge in [-0.15, -0.1) is 0 Å². The Bertz CT molecular complexity index is 131. The normalized spacial score (nSPS) is 24.2. The van der Waals surface area contributed by atoms with Crippen LogP contribution in [-0.4, -0.2) is 19.7 Å². The monoisotopic (exact) mass is 141 g/mol. The fraction of sp³-hybridized carbons (Fsp3) is 0.750. The maximum Gasteiger partial charge on any atom is 0.114 e. The van der Waals surface area contributed by atoms with Crippen molar-refractivity contribution in [3.05, 3.63) is 11.8 Å². The molecule has 0 aromatic heterocycles. The molecule has 0 aromatic carbocycles. The standard InChI is InChI=1S/C8H15NO/c1-3-7-4-8(5-9-2)10-6-7/h6,8-9H,3-5H2,1-2H3/t8-/m0/s1. The number of nitrogens with one attached hydrogen (secondary N) is 1. The maximum absolute atomic E-state index is 5.37. The first kappa shape index (κ1) is 7.61. The number of hydrogen-bond donors (Lipinski definition) is 1. The Labute approximate surface area is 62.3 Å². The molecule has 0 unspecified atom stereocenters. The molecule has 0 amide bonds. The van der Waals surface area contributed by atoms with Crippen LogP contribution >= 0.6 is 0 Å². The molecule has 1 aliphatic heterocycles. The second kappa shape index (κ2) is 3.62. The van der Waals surface area contributed by atoms with Gasteiger partial charge in [0.2, 0.25) is 0 Å². The molecular weight excluding hydrogens is 126 g/mol. The van der Waals surface area contributed by atoms with Gasteiger partial charge in [-0.05, 0) is 19.0 Å². The molecule has 0 bridgehead atoms. The maximum atomic E-state index is 5.37. The molecule has 1 aliphatic rings. The average Bonchev–Trinajstić information content (AvgIpc) is 2.37. The number of hydrogen-bond acceptors (Lipinski definition) is 2. The van der Waals surface area contributed by atoms with E-state index in [4.69, 9.17) is 4.74 Å². The van der Waals surface area contributed by atoms with Gasteiger partial charge < -0.3 is 10.1 Å². The van der Waals surface area contributed by atoms with E-state index in [1.807, 2.05) is 13.3 Å². The van der Waals surface area contributed by atoms with E-state index in [0.717, 1.165) is 19.4 Å². The molecule has 1 atom stereocenters.